The quantitative estimate of drug-likeness (QED) is 0.743. The number of carbonyl (C=O) groups is 1. The molecular weight excluding hydrogens is 364 g/mol. The van der Waals surface area contributed by atoms with Crippen LogP contribution < -0.4 is 4.74 Å². The summed E-state index contributed by atoms with van der Waals surface area (Å²) < 4.78 is 33.0. The number of fused-ring (bicyclic) bond motifs is 1. The lowest BCUT2D eigenvalue weighted by Gasteiger charge is -2.22. The van der Waals surface area contributed by atoms with E-state index in [1.807, 2.05) is 30.3 Å². The molecule has 7 heteroatoms. The highest BCUT2D eigenvalue weighted by Crippen LogP contribution is 2.34. The van der Waals surface area contributed by atoms with Crippen LogP contribution in [0.4, 0.5) is 0 Å². The largest absolute Gasteiger partial charge is 0.484 e. The summed E-state index contributed by atoms with van der Waals surface area (Å²) >= 11 is 0. The Bertz CT molecular complexity index is 736. The van der Waals surface area contributed by atoms with Crippen molar-refractivity contribution in [2.45, 2.75) is 38.4 Å². The number of carbonyl (C=O) groups excluding carboxylic acids is 1. The van der Waals surface area contributed by atoms with E-state index in [-0.39, 0.29) is 23.7 Å². The molecule has 0 unspecified atom stereocenters. The van der Waals surface area contributed by atoms with Crippen LogP contribution in [0, 0.1) is 11.8 Å². The maximum absolute atomic E-state index is 12.9. The topological polar surface area (TPSA) is 66.9 Å². The minimum atomic E-state index is -3.25. The van der Waals surface area contributed by atoms with E-state index in [4.69, 9.17) is 4.74 Å². The second kappa shape index (κ2) is 8.61. The lowest BCUT2D eigenvalue weighted by atomic mass is 10.0. The summed E-state index contributed by atoms with van der Waals surface area (Å²) in [6.45, 7) is 6.51. The van der Waals surface area contributed by atoms with Gasteiger partial charge in [0.05, 0.1) is 5.25 Å². The van der Waals surface area contributed by atoms with Gasteiger partial charge in [0.1, 0.15) is 5.75 Å². The van der Waals surface area contributed by atoms with Crippen molar-refractivity contribution < 1.29 is 17.9 Å². The molecule has 1 aromatic carbocycles. The third kappa shape index (κ3) is 4.82. The number of ether oxygens (including phenoxy) is 1. The smallest absolute Gasteiger partial charge is 0.260 e. The van der Waals surface area contributed by atoms with Gasteiger partial charge in [0, 0.05) is 26.2 Å². The van der Waals surface area contributed by atoms with Crippen LogP contribution in [0.1, 0.15) is 33.1 Å². The van der Waals surface area contributed by atoms with E-state index < -0.39 is 10.0 Å². The number of sulfonamides is 1. The van der Waals surface area contributed by atoms with Gasteiger partial charge >= 0.3 is 0 Å². The maximum Gasteiger partial charge on any atom is 0.260 e. The van der Waals surface area contributed by atoms with Gasteiger partial charge in [-0.1, -0.05) is 32.0 Å². The molecule has 2 aliphatic rings. The van der Waals surface area contributed by atoms with Gasteiger partial charge in [0.2, 0.25) is 10.0 Å². The minimum Gasteiger partial charge on any atom is -0.484 e. The van der Waals surface area contributed by atoms with E-state index in [9.17, 15) is 13.2 Å². The first-order chi connectivity index (χ1) is 12.9. The van der Waals surface area contributed by atoms with Crippen LogP contribution in [0.5, 0.6) is 5.75 Å². The van der Waals surface area contributed by atoms with Crippen LogP contribution in [0.25, 0.3) is 0 Å². The number of hydrogen-bond acceptors (Lipinski definition) is 4. The molecule has 3 rings (SSSR count). The summed E-state index contributed by atoms with van der Waals surface area (Å²) in [6, 6.07) is 9.26. The molecule has 6 nitrogen and oxygen atoms in total. The molecule has 150 valence electrons. The number of para-hydroxylation sites is 1. The Kier molecular flexibility index (Phi) is 6.42. The molecule has 0 N–H and O–H groups in total. The predicted octanol–water partition coefficient (Wildman–Crippen LogP) is 2.36. The molecule has 2 heterocycles. The second-order valence-electron chi connectivity index (χ2n) is 7.94. The van der Waals surface area contributed by atoms with E-state index in [2.05, 4.69) is 13.8 Å². The van der Waals surface area contributed by atoms with Gasteiger partial charge in [-0.05, 0) is 43.2 Å². The van der Waals surface area contributed by atoms with E-state index >= 15 is 0 Å². The highest BCUT2D eigenvalue weighted by atomic mass is 32.2. The van der Waals surface area contributed by atoms with Crippen molar-refractivity contribution in [2.24, 2.45) is 11.8 Å². The molecule has 0 radical (unpaired) electrons. The molecule has 1 aromatic rings. The van der Waals surface area contributed by atoms with E-state index in [0.29, 0.717) is 44.3 Å². The number of likely N-dealkylation sites (tertiary alicyclic amines) is 1. The first-order valence-electron chi connectivity index (χ1n) is 9.82. The molecule has 1 amide bonds. The van der Waals surface area contributed by atoms with Crippen LogP contribution in [-0.2, 0) is 14.8 Å². The number of amides is 1. The van der Waals surface area contributed by atoms with Gasteiger partial charge in [-0.2, -0.15) is 0 Å². The van der Waals surface area contributed by atoms with E-state index in [1.165, 1.54) is 0 Å². The van der Waals surface area contributed by atoms with Crippen LogP contribution in [0.2, 0.25) is 0 Å². The molecule has 0 bridgehead atoms. The highest BCUT2D eigenvalue weighted by Gasteiger charge is 2.46. The van der Waals surface area contributed by atoms with Crippen molar-refractivity contribution in [3.05, 3.63) is 30.3 Å². The van der Waals surface area contributed by atoms with Gasteiger partial charge in [-0.25, -0.2) is 12.7 Å². The van der Waals surface area contributed by atoms with Crippen molar-refractivity contribution in [1.82, 2.24) is 9.21 Å². The fraction of sp³-hybridized carbons (Fsp3) is 0.650. The summed E-state index contributed by atoms with van der Waals surface area (Å²) in [6.07, 6.45) is 2.14. The third-order valence-electron chi connectivity index (χ3n) is 5.57. The monoisotopic (exact) mass is 394 g/mol. The summed E-state index contributed by atoms with van der Waals surface area (Å²) in [5.74, 6) is 1.20. The molecule has 0 aromatic heterocycles. The van der Waals surface area contributed by atoms with Crippen LogP contribution in [0.15, 0.2) is 30.3 Å². The second-order valence-corrected chi connectivity index (χ2v) is 10.1. The number of benzene rings is 1. The predicted molar refractivity (Wildman–Crippen MR) is 105 cm³/mol. The zero-order chi connectivity index (χ0) is 19.4. The molecular formula is C20H30N2O4S. The lowest BCUT2D eigenvalue weighted by Crippen LogP contribution is -2.37. The van der Waals surface area contributed by atoms with Crippen molar-refractivity contribution >= 4 is 15.9 Å². The summed E-state index contributed by atoms with van der Waals surface area (Å²) in [5.41, 5.74) is 0. The number of nitrogens with zero attached hydrogens (tertiary/aromatic N) is 2. The Hall–Kier alpha value is -1.60. The van der Waals surface area contributed by atoms with Crippen molar-refractivity contribution in [1.29, 1.82) is 0 Å². The van der Waals surface area contributed by atoms with Crippen LogP contribution in [0.3, 0.4) is 0 Å². The first-order valence-corrected chi connectivity index (χ1v) is 11.3. The molecule has 0 spiro atoms. The Morgan fingerprint density at radius 2 is 1.89 bits per heavy atom. The molecule has 2 saturated heterocycles. The SMILES string of the molecule is CC(C)CCN1C[C@H]2CCN(C(=O)COc3ccccc3)CC[C@H]2S1(=O)=O. The van der Waals surface area contributed by atoms with Crippen molar-refractivity contribution in [3.63, 3.8) is 0 Å². The minimum absolute atomic E-state index is 0.00733. The van der Waals surface area contributed by atoms with E-state index in [0.717, 1.165) is 12.8 Å². The summed E-state index contributed by atoms with van der Waals surface area (Å²) in [4.78, 5) is 14.2. The van der Waals surface area contributed by atoms with Gasteiger partial charge in [-0.15, -0.1) is 0 Å². The average Bonchev–Trinajstić information content (AvgIpc) is 2.78. The van der Waals surface area contributed by atoms with Crippen molar-refractivity contribution in [3.8, 4) is 5.75 Å². The molecule has 2 atom stereocenters. The Morgan fingerprint density at radius 3 is 2.59 bits per heavy atom. The average molecular weight is 395 g/mol. The van der Waals surface area contributed by atoms with Gasteiger partial charge < -0.3 is 9.64 Å². The van der Waals surface area contributed by atoms with Crippen molar-refractivity contribution in [2.75, 3.05) is 32.8 Å². The fourth-order valence-corrected chi connectivity index (χ4v) is 6.17. The highest BCUT2D eigenvalue weighted by molar-refractivity contribution is 7.90. The molecule has 2 aliphatic heterocycles. The van der Waals surface area contributed by atoms with Gasteiger partial charge in [0.15, 0.2) is 6.61 Å². The third-order valence-corrected chi connectivity index (χ3v) is 8.01. The van der Waals surface area contributed by atoms with Crippen LogP contribution in [-0.4, -0.2) is 61.6 Å². The zero-order valence-corrected chi connectivity index (χ0v) is 17.0. The first kappa shape index (κ1) is 20.1. The number of hydrogen-bond donors (Lipinski definition) is 0. The Labute approximate surface area is 162 Å². The van der Waals surface area contributed by atoms with Gasteiger partial charge in [0.25, 0.3) is 5.91 Å². The standard InChI is InChI=1S/C20H30N2O4S/c1-16(2)8-13-22-14-17-9-11-21(12-10-19(17)27(22,24)25)20(23)15-26-18-6-4-3-5-7-18/h3-7,16-17,19H,8-15H2,1-2H3/t17-,19-/m1/s1. The number of rotatable bonds is 6. The van der Waals surface area contributed by atoms with Crippen LogP contribution >= 0.6 is 0 Å². The normalized spacial score (nSPS) is 25.2. The fourth-order valence-electron chi connectivity index (χ4n) is 3.92. The zero-order valence-electron chi connectivity index (χ0n) is 16.2. The van der Waals surface area contributed by atoms with Gasteiger partial charge in [-0.3, -0.25) is 4.79 Å². The molecule has 0 aliphatic carbocycles. The molecule has 0 saturated carbocycles. The lowest BCUT2D eigenvalue weighted by molar-refractivity contribution is -0.133. The Morgan fingerprint density at radius 1 is 1.19 bits per heavy atom. The molecule has 27 heavy (non-hydrogen) atoms. The summed E-state index contributed by atoms with van der Waals surface area (Å²) in [5, 5.41) is -0.350. The maximum atomic E-state index is 12.9. The summed E-state index contributed by atoms with van der Waals surface area (Å²) in [7, 11) is -3.25. The molecule has 2 fully saturated rings. The Balaban J connectivity index is 1.55. The van der Waals surface area contributed by atoms with E-state index in [1.54, 1.807) is 9.21 Å².